The normalized spacial score (nSPS) is 20.6. The number of benzene rings is 1. The Labute approximate surface area is 229 Å². The van der Waals surface area contributed by atoms with Gasteiger partial charge in [0.15, 0.2) is 0 Å². The summed E-state index contributed by atoms with van der Waals surface area (Å²) in [6.07, 6.45) is 15.6. The fraction of sp³-hybridized carbons (Fsp3) is 0.677. The molecule has 3 aliphatic rings. The highest BCUT2D eigenvalue weighted by Crippen LogP contribution is 2.33. The molecule has 0 saturated carbocycles. The molecule has 0 bridgehead atoms. The number of piperidine rings is 3. The van der Waals surface area contributed by atoms with Gasteiger partial charge in [-0.2, -0.15) is 4.98 Å². The zero-order chi connectivity index (χ0) is 26.3. The van der Waals surface area contributed by atoms with Crippen LogP contribution in [-0.2, 0) is 0 Å². The molecule has 7 nitrogen and oxygen atoms in total. The predicted molar refractivity (Wildman–Crippen MR) is 159 cm³/mol. The molecule has 0 spiro atoms. The summed E-state index contributed by atoms with van der Waals surface area (Å²) in [4.78, 5) is 17.7. The average molecular weight is 521 g/mol. The summed E-state index contributed by atoms with van der Waals surface area (Å²) in [7, 11) is 1.77. The van der Waals surface area contributed by atoms with Crippen LogP contribution in [0.3, 0.4) is 0 Å². The molecule has 7 heteroatoms. The first-order valence-corrected chi connectivity index (χ1v) is 15.1. The third-order valence-electron chi connectivity index (χ3n) is 8.63. The first-order valence-electron chi connectivity index (χ1n) is 15.1. The summed E-state index contributed by atoms with van der Waals surface area (Å²) < 4.78 is 5.87. The van der Waals surface area contributed by atoms with Gasteiger partial charge in [-0.05, 0) is 90.4 Å². The van der Waals surface area contributed by atoms with Crippen molar-refractivity contribution in [1.82, 2.24) is 19.8 Å². The fourth-order valence-electron chi connectivity index (χ4n) is 6.22. The second-order valence-corrected chi connectivity index (χ2v) is 11.7. The maximum atomic E-state index is 5.87. The summed E-state index contributed by atoms with van der Waals surface area (Å²) in [5.41, 5.74) is 2.09. The Morgan fingerprint density at radius 1 is 0.947 bits per heavy atom. The number of methoxy groups -OCH3 is 1. The quantitative estimate of drug-likeness (QED) is 0.448. The van der Waals surface area contributed by atoms with Gasteiger partial charge in [0.05, 0.1) is 12.6 Å². The van der Waals surface area contributed by atoms with Gasteiger partial charge in [0.2, 0.25) is 5.95 Å². The second-order valence-electron chi connectivity index (χ2n) is 11.7. The highest BCUT2D eigenvalue weighted by atomic mass is 16.5. The summed E-state index contributed by atoms with van der Waals surface area (Å²) >= 11 is 0. The van der Waals surface area contributed by atoms with E-state index >= 15 is 0 Å². The van der Waals surface area contributed by atoms with Crippen molar-refractivity contribution in [2.45, 2.75) is 83.7 Å². The number of fused-ring (bicyclic) bond motifs is 1. The standard InChI is InChI=1S/C31H48N6O/c1-24(2)36-20-13-26(14-21-36)32-30-27-23-29(38-3)25(12-6-11-17-35-15-7-4-8-16-35)22-28(27)33-31(34-30)37-18-9-5-10-19-37/h6,12,22-24,26H,4-5,7-11,13-21H2,1-3H3,(H,32,33,34). The molecule has 1 N–H and O–H groups in total. The predicted octanol–water partition coefficient (Wildman–Crippen LogP) is 5.80. The van der Waals surface area contributed by atoms with E-state index in [9.17, 15) is 0 Å². The molecule has 0 amide bonds. The Morgan fingerprint density at radius 3 is 2.34 bits per heavy atom. The minimum atomic E-state index is 0.428. The number of hydrogen-bond acceptors (Lipinski definition) is 7. The SMILES string of the molecule is COc1cc2c(NC3CCN(C(C)C)CC3)nc(N3CCCCC3)nc2cc1C=CCCN1CCCCC1. The lowest BCUT2D eigenvalue weighted by Crippen LogP contribution is -2.42. The highest BCUT2D eigenvalue weighted by molar-refractivity contribution is 5.93. The van der Waals surface area contributed by atoms with Gasteiger partial charge in [0.1, 0.15) is 11.6 Å². The molecule has 3 aliphatic heterocycles. The molecule has 1 aromatic carbocycles. The van der Waals surface area contributed by atoms with E-state index in [1.165, 1.54) is 51.6 Å². The van der Waals surface area contributed by atoms with Gasteiger partial charge in [-0.3, -0.25) is 0 Å². The van der Waals surface area contributed by atoms with Gasteiger partial charge in [-0.1, -0.05) is 18.6 Å². The van der Waals surface area contributed by atoms with Crippen molar-refractivity contribution in [3.05, 3.63) is 23.8 Å². The summed E-state index contributed by atoms with van der Waals surface area (Å²) in [6, 6.07) is 5.38. The minimum Gasteiger partial charge on any atom is -0.496 e. The van der Waals surface area contributed by atoms with Crippen LogP contribution in [0.25, 0.3) is 17.0 Å². The van der Waals surface area contributed by atoms with Crippen molar-refractivity contribution in [3.63, 3.8) is 0 Å². The monoisotopic (exact) mass is 520 g/mol. The molecule has 2 aromatic rings. The van der Waals surface area contributed by atoms with Gasteiger partial charge in [0, 0.05) is 55.8 Å². The van der Waals surface area contributed by atoms with Crippen LogP contribution in [0.5, 0.6) is 5.75 Å². The van der Waals surface area contributed by atoms with E-state index in [0.717, 1.165) is 86.0 Å². The maximum absolute atomic E-state index is 5.87. The summed E-state index contributed by atoms with van der Waals surface area (Å²) in [6.45, 7) is 12.6. The number of rotatable bonds is 9. The van der Waals surface area contributed by atoms with Gasteiger partial charge in [-0.25, -0.2) is 4.98 Å². The van der Waals surface area contributed by atoms with Gasteiger partial charge < -0.3 is 24.8 Å². The number of nitrogens with zero attached hydrogens (tertiary/aromatic N) is 5. The van der Waals surface area contributed by atoms with Crippen molar-refractivity contribution < 1.29 is 4.74 Å². The molecule has 38 heavy (non-hydrogen) atoms. The molecular weight excluding hydrogens is 472 g/mol. The van der Waals surface area contributed by atoms with E-state index < -0.39 is 0 Å². The Kier molecular flexibility index (Phi) is 9.39. The van der Waals surface area contributed by atoms with E-state index in [0.29, 0.717) is 12.1 Å². The molecule has 3 fully saturated rings. The molecule has 0 atom stereocenters. The maximum Gasteiger partial charge on any atom is 0.227 e. The van der Waals surface area contributed by atoms with Crippen LogP contribution in [0, 0.1) is 0 Å². The van der Waals surface area contributed by atoms with Gasteiger partial charge in [0.25, 0.3) is 0 Å². The van der Waals surface area contributed by atoms with Crippen LogP contribution in [0.4, 0.5) is 11.8 Å². The molecule has 5 rings (SSSR count). The third-order valence-corrected chi connectivity index (χ3v) is 8.63. The Hall–Kier alpha value is -2.38. The lowest BCUT2D eigenvalue weighted by molar-refractivity contribution is 0.177. The Morgan fingerprint density at radius 2 is 1.66 bits per heavy atom. The van der Waals surface area contributed by atoms with Crippen molar-refractivity contribution in [1.29, 1.82) is 0 Å². The van der Waals surface area contributed by atoms with Crippen molar-refractivity contribution in [2.75, 3.05) is 63.1 Å². The number of anilines is 2. The first kappa shape index (κ1) is 27.2. The second kappa shape index (κ2) is 13.1. The first-order chi connectivity index (χ1) is 18.6. The number of hydrogen-bond donors (Lipinski definition) is 1. The molecule has 0 aliphatic carbocycles. The third kappa shape index (κ3) is 6.78. The van der Waals surface area contributed by atoms with Crippen LogP contribution >= 0.6 is 0 Å². The van der Waals surface area contributed by atoms with Crippen LogP contribution in [0.2, 0.25) is 0 Å². The molecule has 208 valence electrons. The van der Waals surface area contributed by atoms with E-state index in [4.69, 9.17) is 14.7 Å². The molecule has 1 aromatic heterocycles. The number of likely N-dealkylation sites (tertiary alicyclic amines) is 2. The molecule has 0 unspecified atom stereocenters. The van der Waals surface area contributed by atoms with E-state index in [1.54, 1.807) is 7.11 Å². The van der Waals surface area contributed by atoms with Crippen LogP contribution in [0.1, 0.15) is 77.2 Å². The van der Waals surface area contributed by atoms with E-state index in [-0.39, 0.29) is 0 Å². The lowest BCUT2D eigenvalue weighted by atomic mass is 10.0. The van der Waals surface area contributed by atoms with Gasteiger partial charge in [-0.15, -0.1) is 0 Å². The fourth-order valence-corrected chi connectivity index (χ4v) is 6.22. The highest BCUT2D eigenvalue weighted by Gasteiger charge is 2.23. The zero-order valence-electron chi connectivity index (χ0n) is 23.9. The molecule has 4 heterocycles. The van der Waals surface area contributed by atoms with Crippen LogP contribution in [0.15, 0.2) is 18.2 Å². The van der Waals surface area contributed by atoms with Crippen molar-refractivity contribution >= 4 is 28.7 Å². The van der Waals surface area contributed by atoms with Crippen molar-refractivity contribution in [2.24, 2.45) is 0 Å². The Balaban J connectivity index is 1.39. The van der Waals surface area contributed by atoms with E-state index in [1.807, 2.05) is 0 Å². The largest absolute Gasteiger partial charge is 0.496 e. The smallest absolute Gasteiger partial charge is 0.227 e. The van der Waals surface area contributed by atoms with Crippen molar-refractivity contribution in [3.8, 4) is 5.75 Å². The topological polar surface area (TPSA) is 56.8 Å². The molecular formula is C31H48N6O. The number of aromatic nitrogens is 2. The number of ether oxygens (including phenoxy) is 1. The van der Waals surface area contributed by atoms with Crippen LogP contribution in [-0.4, -0.2) is 84.8 Å². The number of nitrogens with one attached hydrogen (secondary N) is 1. The van der Waals surface area contributed by atoms with Gasteiger partial charge >= 0.3 is 0 Å². The summed E-state index contributed by atoms with van der Waals surface area (Å²) in [5.74, 6) is 2.71. The minimum absolute atomic E-state index is 0.428. The molecule has 0 radical (unpaired) electrons. The lowest BCUT2D eigenvalue weighted by Gasteiger charge is -2.35. The van der Waals surface area contributed by atoms with E-state index in [2.05, 4.69) is 58.1 Å². The zero-order valence-corrected chi connectivity index (χ0v) is 23.9. The average Bonchev–Trinajstić information content (AvgIpc) is 2.96. The summed E-state index contributed by atoms with van der Waals surface area (Å²) in [5, 5.41) is 4.89. The Bertz CT molecular complexity index is 1070. The molecule has 3 saturated heterocycles. The van der Waals surface area contributed by atoms with Crippen LogP contribution < -0.4 is 15.0 Å².